The predicted molar refractivity (Wildman–Crippen MR) is 63.6 cm³/mol. The maximum Gasteiger partial charge on any atom is 0.143 e. The summed E-state index contributed by atoms with van der Waals surface area (Å²) in [4.78, 5) is 44.2. The average molecular weight is 240 g/mol. The number of ketones is 4. The van der Waals surface area contributed by atoms with Crippen LogP contribution in [0.4, 0.5) is 0 Å². The summed E-state index contributed by atoms with van der Waals surface area (Å²) < 4.78 is 0. The zero-order valence-corrected chi connectivity index (χ0v) is 10.7. The van der Waals surface area contributed by atoms with Crippen molar-refractivity contribution < 1.29 is 19.2 Å². The number of hydrogen-bond acceptors (Lipinski definition) is 4. The molecule has 0 N–H and O–H groups in total. The largest absolute Gasteiger partial charge is 0.300 e. The monoisotopic (exact) mass is 240 g/mol. The van der Waals surface area contributed by atoms with Gasteiger partial charge in [0.05, 0.1) is 12.3 Å². The molecule has 17 heavy (non-hydrogen) atoms. The van der Waals surface area contributed by atoms with E-state index in [1.165, 1.54) is 13.8 Å². The Kier molecular flexibility index (Phi) is 7.26. The van der Waals surface area contributed by atoms with E-state index in [0.717, 1.165) is 0 Å². The molecule has 0 aromatic rings. The second-order valence-corrected chi connectivity index (χ2v) is 4.42. The third kappa shape index (κ3) is 7.55. The van der Waals surface area contributed by atoms with Crippen molar-refractivity contribution in [2.45, 2.75) is 52.9 Å². The molecule has 0 rings (SSSR count). The van der Waals surface area contributed by atoms with E-state index in [2.05, 4.69) is 0 Å². The Morgan fingerprint density at radius 1 is 0.941 bits per heavy atom. The summed E-state index contributed by atoms with van der Waals surface area (Å²) in [5.74, 6) is -0.942. The minimum atomic E-state index is -0.539. The maximum atomic E-state index is 11.4. The summed E-state index contributed by atoms with van der Waals surface area (Å²) in [7, 11) is 0. The van der Waals surface area contributed by atoms with Crippen LogP contribution in [0.5, 0.6) is 0 Å². The summed E-state index contributed by atoms with van der Waals surface area (Å²) >= 11 is 0. The summed E-state index contributed by atoms with van der Waals surface area (Å²) in [6, 6.07) is 0. The predicted octanol–water partition coefficient (Wildman–Crippen LogP) is 1.89. The molecular weight excluding hydrogens is 220 g/mol. The van der Waals surface area contributed by atoms with Crippen molar-refractivity contribution in [1.82, 2.24) is 0 Å². The van der Waals surface area contributed by atoms with Gasteiger partial charge in [0.1, 0.15) is 23.1 Å². The van der Waals surface area contributed by atoms with Crippen molar-refractivity contribution in [3.05, 3.63) is 0 Å². The number of carbonyl (C=O) groups excluding carboxylic acids is 4. The average Bonchev–Trinajstić information content (AvgIpc) is 2.21. The Hall–Kier alpha value is -1.32. The number of rotatable bonds is 9. The van der Waals surface area contributed by atoms with Crippen molar-refractivity contribution in [3.63, 3.8) is 0 Å². The highest BCUT2D eigenvalue weighted by molar-refractivity contribution is 6.01. The fourth-order valence-electron chi connectivity index (χ4n) is 1.43. The fraction of sp³-hybridized carbons (Fsp3) is 0.692. The van der Waals surface area contributed by atoms with E-state index >= 15 is 0 Å². The second-order valence-electron chi connectivity index (χ2n) is 4.42. The van der Waals surface area contributed by atoms with E-state index in [1.54, 1.807) is 6.92 Å². The van der Waals surface area contributed by atoms with Gasteiger partial charge in [-0.25, -0.2) is 0 Å². The normalized spacial score (nSPS) is 11.9. The molecule has 1 atom stereocenters. The van der Waals surface area contributed by atoms with E-state index in [9.17, 15) is 19.2 Å². The Morgan fingerprint density at radius 3 is 1.94 bits per heavy atom. The number of unbranched alkanes of at least 4 members (excludes halogenated alkanes) is 1. The zero-order chi connectivity index (χ0) is 13.4. The first-order chi connectivity index (χ1) is 7.84. The SMILES string of the molecule is CC(=O)CC(=O)CCCCC(=O)C(C)C(C)=O. The van der Waals surface area contributed by atoms with Gasteiger partial charge in [-0.1, -0.05) is 0 Å². The quantitative estimate of drug-likeness (QED) is 0.456. The van der Waals surface area contributed by atoms with Crippen molar-refractivity contribution in [3.8, 4) is 0 Å². The highest BCUT2D eigenvalue weighted by atomic mass is 16.2. The molecule has 4 heteroatoms. The molecule has 4 nitrogen and oxygen atoms in total. The van der Waals surface area contributed by atoms with Crippen molar-refractivity contribution in [2.75, 3.05) is 0 Å². The van der Waals surface area contributed by atoms with Crippen LogP contribution < -0.4 is 0 Å². The first-order valence-electron chi connectivity index (χ1n) is 5.89. The molecule has 0 spiro atoms. The van der Waals surface area contributed by atoms with Crippen LogP contribution >= 0.6 is 0 Å². The molecule has 0 aromatic carbocycles. The van der Waals surface area contributed by atoms with Crippen LogP contribution in [-0.2, 0) is 19.2 Å². The van der Waals surface area contributed by atoms with Gasteiger partial charge in [0.15, 0.2) is 0 Å². The minimum absolute atomic E-state index is 0.0161. The van der Waals surface area contributed by atoms with Crippen LogP contribution in [0.15, 0.2) is 0 Å². The first-order valence-corrected chi connectivity index (χ1v) is 5.89. The highest BCUT2D eigenvalue weighted by Crippen LogP contribution is 2.08. The summed E-state index contributed by atoms with van der Waals surface area (Å²) in [5.41, 5.74) is 0. The van der Waals surface area contributed by atoms with Gasteiger partial charge >= 0.3 is 0 Å². The maximum absolute atomic E-state index is 11.4. The van der Waals surface area contributed by atoms with E-state index in [0.29, 0.717) is 25.7 Å². The van der Waals surface area contributed by atoms with Gasteiger partial charge in [-0.15, -0.1) is 0 Å². The van der Waals surface area contributed by atoms with E-state index in [1.807, 2.05) is 0 Å². The zero-order valence-electron chi connectivity index (χ0n) is 10.7. The highest BCUT2D eigenvalue weighted by Gasteiger charge is 2.16. The van der Waals surface area contributed by atoms with E-state index < -0.39 is 5.92 Å². The Labute approximate surface area is 102 Å². The molecule has 1 unspecified atom stereocenters. The van der Waals surface area contributed by atoms with Gasteiger partial charge in [0.25, 0.3) is 0 Å². The minimum Gasteiger partial charge on any atom is -0.300 e. The fourth-order valence-corrected chi connectivity index (χ4v) is 1.43. The topological polar surface area (TPSA) is 68.3 Å². The Balaban J connectivity index is 3.71. The molecule has 0 saturated carbocycles. The smallest absolute Gasteiger partial charge is 0.143 e. The van der Waals surface area contributed by atoms with Gasteiger partial charge in [-0.2, -0.15) is 0 Å². The van der Waals surface area contributed by atoms with Crippen LogP contribution in [0.2, 0.25) is 0 Å². The van der Waals surface area contributed by atoms with Crippen LogP contribution in [-0.4, -0.2) is 23.1 Å². The number of hydrogen-bond donors (Lipinski definition) is 0. The molecule has 96 valence electrons. The summed E-state index contributed by atoms with van der Waals surface area (Å²) in [6.45, 7) is 4.39. The Bertz CT molecular complexity index is 317. The lowest BCUT2D eigenvalue weighted by molar-refractivity contribution is -0.131. The number of carbonyl (C=O) groups is 4. The summed E-state index contributed by atoms with van der Waals surface area (Å²) in [5, 5.41) is 0. The van der Waals surface area contributed by atoms with Crippen LogP contribution in [0.1, 0.15) is 52.9 Å². The molecule has 0 saturated heterocycles. The molecule has 0 aliphatic rings. The first kappa shape index (κ1) is 15.7. The van der Waals surface area contributed by atoms with Crippen LogP contribution in [0, 0.1) is 5.92 Å². The van der Waals surface area contributed by atoms with Gasteiger partial charge in [-0.05, 0) is 33.6 Å². The van der Waals surface area contributed by atoms with Gasteiger partial charge < -0.3 is 0 Å². The van der Waals surface area contributed by atoms with Crippen LogP contribution in [0.25, 0.3) is 0 Å². The van der Waals surface area contributed by atoms with Crippen molar-refractivity contribution in [2.24, 2.45) is 5.92 Å². The van der Waals surface area contributed by atoms with Gasteiger partial charge in [-0.3, -0.25) is 19.2 Å². The lowest BCUT2D eigenvalue weighted by Gasteiger charge is -2.05. The molecule has 0 aliphatic carbocycles. The Morgan fingerprint density at radius 2 is 1.47 bits per heavy atom. The number of Topliss-reactive ketones (excluding diaryl/α,β-unsaturated/α-hetero) is 4. The third-order valence-corrected chi connectivity index (χ3v) is 2.67. The van der Waals surface area contributed by atoms with E-state index in [-0.39, 0.29) is 29.6 Å². The lowest BCUT2D eigenvalue weighted by Crippen LogP contribution is -2.18. The van der Waals surface area contributed by atoms with Crippen LogP contribution in [0.3, 0.4) is 0 Å². The van der Waals surface area contributed by atoms with Crippen molar-refractivity contribution in [1.29, 1.82) is 0 Å². The van der Waals surface area contributed by atoms with Crippen molar-refractivity contribution >= 4 is 23.1 Å². The lowest BCUT2D eigenvalue weighted by atomic mass is 9.97. The van der Waals surface area contributed by atoms with E-state index in [4.69, 9.17) is 0 Å². The van der Waals surface area contributed by atoms with Gasteiger partial charge in [0, 0.05) is 12.8 Å². The summed E-state index contributed by atoms with van der Waals surface area (Å²) in [6.07, 6.45) is 1.84. The molecule has 0 heterocycles. The molecule has 0 aliphatic heterocycles. The molecule has 0 radical (unpaired) electrons. The third-order valence-electron chi connectivity index (χ3n) is 2.67. The standard InChI is InChI=1S/C13H20O4/c1-9(14)8-12(16)6-4-5-7-13(17)10(2)11(3)15/h10H,4-8H2,1-3H3. The second kappa shape index (κ2) is 7.87. The molecule has 0 aromatic heterocycles. The van der Waals surface area contributed by atoms with Gasteiger partial charge in [0.2, 0.25) is 0 Å². The molecular formula is C13H20O4. The molecule has 0 bridgehead atoms. The molecule has 0 fully saturated rings. The molecule has 0 amide bonds.